The Bertz CT molecular complexity index is 656. The van der Waals surface area contributed by atoms with Gasteiger partial charge in [0.05, 0.1) is 13.0 Å². The summed E-state index contributed by atoms with van der Waals surface area (Å²) in [5.41, 5.74) is 4.92. The van der Waals surface area contributed by atoms with Crippen LogP contribution in [0.2, 0.25) is 0 Å². The maximum Gasteiger partial charge on any atom is 0.308 e. The number of hydrogen-bond acceptors (Lipinski definition) is 4. The van der Waals surface area contributed by atoms with E-state index in [-0.39, 0.29) is 11.9 Å². The van der Waals surface area contributed by atoms with Crippen LogP contribution in [-0.4, -0.2) is 56.1 Å². The van der Waals surface area contributed by atoms with Crippen LogP contribution in [0.15, 0.2) is 18.2 Å². The average molecular weight is 357 g/mol. The number of ether oxygens (including phenoxy) is 1. The van der Waals surface area contributed by atoms with Crippen LogP contribution in [0.25, 0.3) is 0 Å². The molecule has 1 saturated carbocycles. The molecule has 0 amide bonds. The summed E-state index contributed by atoms with van der Waals surface area (Å²) in [4.78, 5) is 16.9. The average Bonchev–Trinajstić information content (AvgIpc) is 3.01. The number of fused-ring (bicyclic) bond motifs is 2. The first-order valence-corrected chi connectivity index (χ1v) is 10.2. The molecule has 2 aliphatic carbocycles. The summed E-state index contributed by atoms with van der Waals surface area (Å²) < 4.78 is 4.97. The molecule has 26 heavy (non-hydrogen) atoms. The predicted octanol–water partition coefficient (Wildman–Crippen LogP) is 2.98. The molecule has 3 aliphatic rings. The molecule has 0 bridgehead atoms. The second-order valence-electron chi connectivity index (χ2n) is 8.65. The number of likely N-dealkylation sites (N-methyl/N-ethyl adjacent to an activating group) is 1. The zero-order valence-corrected chi connectivity index (χ0v) is 16.3. The Morgan fingerprint density at radius 3 is 2.58 bits per heavy atom. The van der Waals surface area contributed by atoms with Gasteiger partial charge in [0, 0.05) is 32.7 Å². The lowest BCUT2D eigenvalue weighted by atomic mass is 9.67. The summed E-state index contributed by atoms with van der Waals surface area (Å²) >= 11 is 0. The van der Waals surface area contributed by atoms with Crippen molar-refractivity contribution in [2.75, 3.05) is 40.3 Å². The zero-order valence-electron chi connectivity index (χ0n) is 16.3. The maximum absolute atomic E-state index is 11.9. The van der Waals surface area contributed by atoms with Crippen LogP contribution in [0.5, 0.6) is 0 Å². The molecule has 1 aromatic carbocycles. The van der Waals surface area contributed by atoms with Crippen molar-refractivity contribution in [3.63, 3.8) is 0 Å². The summed E-state index contributed by atoms with van der Waals surface area (Å²) in [7, 11) is 3.73. The van der Waals surface area contributed by atoms with Gasteiger partial charge in [-0.3, -0.25) is 9.69 Å². The Labute approximate surface area is 157 Å². The van der Waals surface area contributed by atoms with Crippen molar-refractivity contribution in [3.8, 4) is 0 Å². The van der Waals surface area contributed by atoms with Crippen LogP contribution in [0, 0.1) is 5.92 Å². The first-order valence-electron chi connectivity index (χ1n) is 10.2. The second-order valence-corrected chi connectivity index (χ2v) is 8.65. The summed E-state index contributed by atoms with van der Waals surface area (Å²) in [6.07, 6.45) is 6.69. The number of carbonyl (C=O) groups excluding carboxylic acids is 1. The monoisotopic (exact) mass is 356 g/mol. The van der Waals surface area contributed by atoms with Gasteiger partial charge in [-0.1, -0.05) is 18.2 Å². The van der Waals surface area contributed by atoms with Gasteiger partial charge < -0.3 is 9.64 Å². The highest BCUT2D eigenvalue weighted by Crippen LogP contribution is 2.50. The van der Waals surface area contributed by atoms with Gasteiger partial charge in [-0.15, -0.1) is 0 Å². The molecule has 1 heterocycles. The lowest BCUT2D eigenvalue weighted by Crippen LogP contribution is -2.43. The van der Waals surface area contributed by atoms with Gasteiger partial charge in [0.25, 0.3) is 0 Å². The smallest absolute Gasteiger partial charge is 0.308 e. The van der Waals surface area contributed by atoms with Crippen LogP contribution in [0.3, 0.4) is 0 Å². The van der Waals surface area contributed by atoms with Gasteiger partial charge in [0.2, 0.25) is 0 Å². The lowest BCUT2D eigenvalue weighted by Gasteiger charge is -2.37. The highest BCUT2D eigenvalue weighted by molar-refractivity contribution is 5.72. The fourth-order valence-electron chi connectivity index (χ4n) is 5.30. The number of carbonyl (C=O) groups is 1. The summed E-state index contributed by atoms with van der Waals surface area (Å²) in [6.45, 7) is 5.74. The molecular formula is C22H32N2O2. The zero-order chi connectivity index (χ0) is 18.1. The van der Waals surface area contributed by atoms with E-state index in [2.05, 4.69) is 35.0 Å². The van der Waals surface area contributed by atoms with Crippen molar-refractivity contribution in [2.24, 2.45) is 5.92 Å². The largest absolute Gasteiger partial charge is 0.469 e. The molecule has 1 spiro atoms. The van der Waals surface area contributed by atoms with Gasteiger partial charge in [-0.25, -0.2) is 0 Å². The van der Waals surface area contributed by atoms with E-state index < -0.39 is 0 Å². The normalized spacial score (nSPS) is 29.7. The van der Waals surface area contributed by atoms with E-state index in [9.17, 15) is 4.79 Å². The molecule has 0 N–H and O–H groups in total. The summed E-state index contributed by atoms with van der Waals surface area (Å²) in [5.74, 6) is 0.102. The molecule has 1 aromatic rings. The van der Waals surface area contributed by atoms with Crippen molar-refractivity contribution in [1.82, 2.24) is 9.80 Å². The molecule has 4 rings (SSSR count). The third-order valence-corrected chi connectivity index (χ3v) is 7.10. The van der Waals surface area contributed by atoms with Crippen molar-refractivity contribution in [2.45, 2.75) is 50.5 Å². The minimum absolute atomic E-state index is 0.0121. The highest BCUT2D eigenvalue weighted by Gasteiger charge is 2.43. The van der Waals surface area contributed by atoms with E-state index in [1.54, 1.807) is 11.1 Å². The van der Waals surface area contributed by atoms with E-state index in [1.165, 1.54) is 51.7 Å². The Kier molecular flexibility index (Phi) is 5.07. The maximum atomic E-state index is 11.9. The van der Waals surface area contributed by atoms with Gasteiger partial charge in [0.15, 0.2) is 0 Å². The minimum Gasteiger partial charge on any atom is -0.469 e. The number of esters is 1. The fourth-order valence-corrected chi connectivity index (χ4v) is 5.30. The highest BCUT2D eigenvalue weighted by atomic mass is 16.5. The SMILES string of the molecule is COC(=O)C1CCC2(CCc3ccc(CN4CCN(C)CC4)cc32)CC1. The van der Waals surface area contributed by atoms with E-state index in [0.29, 0.717) is 5.41 Å². The minimum atomic E-state index is -0.0121. The Morgan fingerprint density at radius 2 is 1.88 bits per heavy atom. The summed E-state index contributed by atoms with van der Waals surface area (Å²) in [6, 6.07) is 7.22. The third-order valence-electron chi connectivity index (χ3n) is 7.10. The molecule has 0 aromatic heterocycles. The first kappa shape index (κ1) is 18.0. The molecule has 2 fully saturated rings. The number of methoxy groups -OCH3 is 1. The van der Waals surface area contributed by atoms with Crippen LogP contribution in [0.1, 0.15) is 48.8 Å². The molecule has 1 aliphatic heterocycles. The fraction of sp³-hybridized carbons (Fsp3) is 0.682. The van der Waals surface area contributed by atoms with Crippen molar-refractivity contribution < 1.29 is 9.53 Å². The van der Waals surface area contributed by atoms with Gasteiger partial charge >= 0.3 is 5.97 Å². The number of nitrogens with zero attached hydrogens (tertiary/aromatic N) is 2. The van der Waals surface area contributed by atoms with Crippen LogP contribution < -0.4 is 0 Å². The van der Waals surface area contributed by atoms with Crippen molar-refractivity contribution in [1.29, 1.82) is 0 Å². The van der Waals surface area contributed by atoms with Gasteiger partial charge in [-0.2, -0.15) is 0 Å². The molecule has 4 heteroatoms. The summed E-state index contributed by atoms with van der Waals surface area (Å²) in [5, 5.41) is 0. The first-order chi connectivity index (χ1) is 12.6. The Balaban J connectivity index is 1.47. The number of aryl methyl sites for hydroxylation is 1. The lowest BCUT2D eigenvalue weighted by molar-refractivity contribution is -0.147. The molecule has 1 saturated heterocycles. The van der Waals surface area contributed by atoms with Crippen molar-refractivity contribution >= 4 is 5.97 Å². The quantitative estimate of drug-likeness (QED) is 0.780. The number of piperazine rings is 1. The van der Waals surface area contributed by atoms with Crippen LogP contribution in [-0.2, 0) is 27.9 Å². The Morgan fingerprint density at radius 1 is 1.15 bits per heavy atom. The van der Waals surface area contributed by atoms with Crippen LogP contribution >= 0.6 is 0 Å². The number of hydrogen-bond donors (Lipinski definition) is 0. The van der Waals surface area contributed by atoms with Crippen molar-refractivity contribution in [3.05, 3.63) is 34.9 Å². The number of benzene rings is 1. The predicted molar refractivity (Wildman–Crippen MR) is 103 cm³/mol. The van der Waals surface area contributed by atoms with Crippen LogP contribution in [0.4, 0.5) is 0 Å². The molecule has 4 nitrogen and oxygen atoms in total. The molecule has 0 radical (unpaired) electrons. The van der Waals surface area contributed by atoms with E-state index in [0.717, 1.165) is 32.2 Å². The Hall–Kier alpha value is -1.39. The topological polar surface area (TPSA) is 32.8 Å². The third kappa shape index (κ3) is 3.41. The van der Waals surface area contributed by atoms with E-state index in [4.69, 9.17) is 4.74 Å². The standard InChI is InChI=1S/C22H32N2O2/c1-23-11-13-24(14-12-23)16-17-3-4-18-5-8-22(20(18)15-17)9-6-19(7-10-22)21(25)26-2/h3-4,15,19H,5-14,16H2,1-2H3. The molecular weight excluding hydrogens is 324 g/mol. The van der Waals surface area contributed by atoms with Gasteiger partial charge in [-0.05, 0) is 67.7 Å². The molecule has 0 unspecified atom stereocenters. The molecule has 142 valence electrons. The van der Waals surface area contributed by atoms with E-state index in [1.807, 2.05) is 0 Å². The second kappa shape index (κ2) is 7.32. The van der Waals surface area contributed by atoms with E-state index >= 15 is 0 Å². The number of rotatable bonds is 3. The van der Waals surface area contributed by atoms with Gasteiger partial charge in [0.1, 0.15) is 0 Å². The molecule has 0 atom stereocenters.